The number of hydrogen-bond acceptors (Lipinski definition) is 4. The lowest BCUT2D eigenvalue weighted by molar-refractivity contribution is -0.137. The molecule has 5 heteroatoms. The van der Waals surface area contributed by atoms with E-state index in [1.165, 1.54) is 5.56 Å². The molecule has 0 spiro atoms. The SMILES string of the molecule is O=C(O)CCC1CN(Cc2ccncc2)CCN1. The normalized spacial score (nSPS) is 20.8. The van der Waals surface area contributed by atoms with Crippen LogP contribution in [0.3, 0.4) is 0 Å². The molecule has 0 amide bonds. The van der Waals surface area contributed by atoms with Crippen molar-refractivity contribution < 1.29 is 9.90 Å². The van der Waals surface area contributed by atoms with Gasteiger partial charge in [-0.2, -0.15) is 0 Å². The first kappa shape index (κ1) is 13.0. The summed E-state index contributed by atoms with van der Waals surface area (Å²) in [7, 11) is 0. The van der Waals surface area contributed by atoms with Crippen molar-refractivity contribution >= 4 is 5.97 Å². The second kappa shape index (κ2) is 6.47. The largest absolute Gasteiger partial charge is 0.481 e. The van der Waals surface area contributed by atoms with Gasteiger partial charge in [-0.3, -0.25) is 14.7 Å². The van der Waals surface area contributed by atoms with Crippen LogP contribution in [0.5, 0.6) is 0 Å². The van der Waals surface area contributed by atoms with E-state index in [4.69, 9.17) is 5.11 Å². The van der Waals surface area contributed by atoms with Crippen molar-refractivity contribution in [2.24, 2.45) is 0 Å². The average molecular weight is 249 g/mol. The first-order valence-electron chi connectivity index (χ1n) is 6.30. The van der Waals surface area contributed by atoms with Crippen LogP contribution in [-0.4, -0.2) is 46.6 Å². The number of rotatable bonds is 5. The van der Waals surface area contributed by atoms with Crippen molar-refractivity contribution in [1.82, 2.24) is 15.2 Å². The Bertz CT molecular complexity index is 383. The minimum Gasteiger partial charge on any atom is -0.481 e. The van der Waals surface area contributed by atoms with Crippen molar-refractivity contribution in [2.75, 3.05) is 19.6 Å². The van der Waals surface area contributed by atoms with Crippen LogP contribution in [0.4, 0.5) is 0 Å². The Hall–Kier alpha value is -1.46. The Kier molecular flexibility index (Phi) is 4.66. The van der Waals surface area contributed by atoms with Crippen LogP contribution in [-0.2, 0) is 11.3 Å². The molecular formula is C13H19N3O2. The van der Waals surface area contributed by atoms with Crippen LogP contribution in [0.15, 0.2) is 24.5 Å². The smallest absolute Gasteiger partial charge is 0.303 e. The van der Waals surface area contributed by atoms with E-state index in [2.05, 4.69) is 15.2 Å². The van der Waals surface area contributed by atoms with Gasteiger partial charge in [-0.1, -0.05) is 0 Å². The van der Waals surface area contributed by atoms with Gasteiger partial charge < -0.3 is 10.4 Å². The molecule has 5 nitrogen and oxygen atoms in total. The molecule has 1 atom stereocenters. The van der Waals surface area contributed by atoms with Gasteiger partial charge in [0, 0.05) is 51.0 Å². The maximum absolute atomic E-state index is 10.6. The first-order valence-corrected chi connectivity index (χ1v) is 6.30. The number of carbonyl (C=O) groups is 1. The highest BCUT2D eigenvalue weighted by Crippen LogP contribution is 2.09. The summed E-state index contributed by atoms with van der Waals surface area (Å²) in [5, 5.41) is 12.1. The van der Waals surface area contributed by atoms with Crippen LogP contribution in [0.25, 0.3) is 0 Å². The van der Waals surface area contributed by atoms with Gasteiger partial charge in [0.15, 0.2) is 0 Å². The Labute approximate surface area is 107 Å². The molecule has 1 fully saturated rings. The van der Waals surface area contributed by atoms with Crippen molar-refractivity contribution in [2.45, 2.75) is 25.4 Å². The molecule has 1 aliphatic rings. The third-order valence-corrected chi connectivity index (χ3v) is 3.20. The van der Waals surface area contributed by atoms with Crippen LogP contribution < -0.4 is 5.32 Å². The number of carboxylic acids is 1. The van der Waals surface area contributed by atoms with Gasteiger partial charge in [-0.05, 0) is 24.1 Å². The predicted octanol–water partition coefficient (Wildman–Crippen LogP) is 0.720. The zero-order chi connectivity index (χ0) is 12.8. The molecule has 1 saturated heterocycles. The number of aromatic nitrogens is 1. The number of carboxylic acid groups (broad SMARTS) is 1. The third-order valence-electron chi connectivity index (χ3n) is 3.20. The topological polar surface area (TPSA) is 65.5 Å². The van der Waals surface area contributed by atoms with E-state index in [-0.39, 0.29) is 12.5 Å². The Morgan fingerprint density at radius 2 is 2.28 bits per heavy atom. The van der Waals surface area contributed by atoms with Crippen molar-refractivity contribution in [1.29, 1.82) is 0 Å². The Morgan fingerprint density at radius 1 is 1.50 bits per heavy atom. The molecule has 1 unspecified atom stereocenters. The van der Waals surface area contributed by atoms with Gasteiger partial charge in [-0.15, -0.1) is 0 Å². The highest BCUT2D eigenvalue weighted by molar-refractivity contribution is 5.66. The number of nitrogens with zero attached hydrogens (tertiary/aromatic N) is 2. The molecule has 98 valence electrons. The Morgan fingerprint density at radius 3 is 3.00 bits per heavy atom. The van der Waals surface area contributed by atoms with Gasteiger partial charge in [-0.25, -0.2) is 0 Å². The summed E-state index contributed by atoms with van der Waals surface area (Å²) in [5.74, 6) is -0.719. The molecule has 1 aliphatic heterocycles. The standard InChI is InChI=1S/C13H19N3O2/c17-13(18)2-1-12-10-16(8-7-15-12)9-11-3-5-14-6-4-11/h3-6,12,15H,1-2,7-10H2,(H,17,18). The lowest BCUT2D eigenvalue weighted by Crippen LogP contribution is -2.50. The fraction of sp³-hybridized carbons (Fsp3) is 0.538. The number of pyridine rings is 1. The van der Waals surface area contributed by atoms with E-state index in [1.807, 2.05) is 12.1 Å². The molecule has 1 aromatic heterocycles. The maximum atomic E-state index is 10.6. The number of aliphatic carboxylic acids is 1. The van der Waals surface area contributed by atoms with E-state index in [0.717, 1.165) is 26.2 Å². The van der Waals surface area contributed by atoms with Crippen molar-refractivity contribution in [3.63, 3.8) is 0 Å². The summed E-state index contributed by atoms with van der Waals surface area (Å²) >= 11 is 0. The third kappa shape index (κ3) is 4.09. The average Bonchev–Trinajstić information content (AvgIpc) is 2.38. The van der Waals surface area contributed by atoms with E-state index in [1.54, 1.807) is 12.4 Å². The molecule has 0 aliphatic carbocycles. The molecule has 0 aromatic carbocycles. The molecule has 18 heavy (non-hydrogen) atoms. The van der Waals surface area contributed by atoms with E-state index >= 15 is 0 Å². The van der Waals surface area contributed by atoms with Gasteiger partial charge in [0.05, 0.1) is 0 Å². The minimum atomic E-state index is -0.719. The summed E-state index contributed by atoms with van der Waals surface area (Å²) in [4.78, 5) is 16.9. The fourth-order valence-corrected chi connectivity index (χ4v) is 2.28. The zero-order valence-electron chi connectivity index (χ0n) is 10.4. The number of piperazine rings is 1. The number of nitrogens with one attached hydrogen (secondary N) is 1. The molecule has 0 radical (unpaired) electrons. The second-order valence-electron chi connectivity index (χ2n) is 4.67. The van der Waals surface area contributed by atoms with E-state index in [9.17, 15) is 4.79 Å². The monoisotopic (exact) mass is 249 g/mol. The summed E-state index contributed by atoms with van der Waals surface area (Å²) in [6.07, 6.45) is 4.54. The van der Waals surface area contributed by atoms with E-state index in [0.29, 0.717) is 6.42 Å². The maximum Gasteiger partial charge on any atom is 0.303 e. The summed E-state index contributed by atoms with van der Waals surface area (Å²) in [5.41, 5.74) is 1.25. The molecule has 2 rings (SSSR count). The summed E-state index contributed by atoms with van der Waals surface area (Å²) in [6.45, 7) is 3.75. The number of hydrogen-bond donors (Lipinski definition) is 2. The molecule has 1 aromatic rings. The molecule has 0 saturated carbocycles. The highest BCUT2D eigenvalue weighted by atomic mass is 16.4. The first-order chi connectivity index (χ1) is 8.74. The van der Waals surface area contributed by atoms with Crippen LogP contribution in [0, 0.1) is 0 Å². The van der Waals surface area contributed by atoms with Gasteiger partial charge in [0.2, 0.25) is 0 Å². The predicted molar refractivity (Wildman–Crippen MR) is 68.2 cm³/mol. The van der Waals surface area contributed by atoms with Crippen LogP contribution >= 0.6 is 0 Å². The lowest BCUT2D eigenvalue weighted by Gasteiger charge is -2.33. The zero-order valence-corrected chi connectivity index (χ0v) is 10.4. The van der Waals surface area contributed by atoms with Crippen LogP contribution in [0.2, 0.25) is 0 Å². The van der Waals surface area contributed by atoms with Gasteiger partial charge in [0.1, 0.15) is 0 Å². The molecule has 2 heterocycles. The molecule has 2 N–H and O–H groups in total. The molecule has 0 bridgehead atoms. The highest BCUT2D eigenvalue weighted by Gasteiger charge is 2.19. The summed E-state index contributed by atoms with van der Waals surface area (Å²) < 4.78 is 0. The Balaban J connectivity index is 1.81. The fourth-order valence-electron chi connectivity index (χ4n) is 2.28. The quantitative estimate of drug-likeness (QED) is 0.805. The minimum absolute atomic E-state index is 0.237. The van der Waals surface area contributed by atoms with Gasteiger partial charge in [0.25, 0.3) is 0 Å². The van der Waals surface area contributed by atoms with Gasteiger partial charge >= 0.3 is 5.97 Å². The van der Waals surface area contributed by atoms with Crippen molar-refractivity contribution in [3.8, 4) is 0 Å². The van der Waals surface area contributed by atoms with Crippen molar-refractivity contribution in [3.05, 3.63) is 30.1 Å². The second-order valence-corrected chi connectivity index (χ2v) is 4.67. The molecular weight excluding hydrogens is 230 g/mol. The summed E-state index contributed by atoms with van der Waals surface area (Å²) in [6, 6.07) is 4.33. The van der Waals surface area contributed by atoms with Crippen LogP contribution in [0.1, 0.15) is 18.4 Å². The van der Waals surface area contributed by atoms with E-state index < -0.39 is 5.97 Å². The lowest BCUT2D eigenvalue weighted by atomic mass is 10.1.